The molecule has 1 saturated heterocycles. The van der Waals surface area contributed by atoms with Gasteiger partial charge in [0.1, 0.15) is 0 Å². The van der Waals surface area contributed by atoms with Gasteiger partial charge < -0.3 is 20.5 Å². The van der Waals surface area contributed by atoms with E-state index in [1.54, 1.807) is 0 Å². The second-order valence-electron chi connectivity index (χ2n) is 4.83. The van der Waals surface area contributed by atoms with Crippen molar-refractivity contribution in [2.75, 3.05) is 33.0 Å². The molecule has 0 spiro atoms. The molecule has 0 aromatic heterocycles. The minimum atomic E-state index is -0.293. The van der Waals surface area contributed by atoms with Gasteiger partial charge in [0.15, 0.2) is 0 Å². The molecule has 0 aromatic carbocycles. The van der Waals surface area contributed by atoms with Crippen molar-refractivity contribution in [3.05, 3.63) is 0 Å². The summed E-state index contributed by atoms with van der Waals surface area (Å²) in [4.78, 5) is 11.2. The number of hydrogen-bond acceptors (Lipinski definition) is 4. The summed E-state index contributed by atoms with van der Waals surface area (Å²) in [6.45, 7) is 5.91. The van der Waals surface area contributed by atoms with Crippen LogP contribution < -0.4 is 11.1 Å². The van der Waals surface area contributed by atoms with Crippen LogP contribution in [0.5, 0.6) is 0 Å². The molecule has 18 heavy (non-hydrogen) atoms. The fourth-order valence-electron chi connectivity index (χ4n) is 2.03. The van der Waals surface area contributed by atoms with Crippen LogP contribution in [0.4, 0.5) is 0 Å². The molecule has 5 heteroatoms. The molecule has 0 aromatic rings. The molecule has 0 saturated carbocycles. The molecule has 3 N–H and O–H groups in total. The lowest BCUT2D eigenvalue weighted by Gasteiger charge is -2.22. The van der Waals surface area contributed by atoms with E-state index in [9.17, 15) is 4.79 Å². The number of ether oxygens (including phenoxy) is 2. The Morgan fingerprint density at radius 1 is 1.50 bits per heavy atom. The smallest absolute Gasteiger partial charge is 0.234 e. The highest BCUT2D eigenvalue weighted by Gasteiger charge is 2.16. The van der Waals surface area contributed by atoms with Gasteiger partial charge in [-0.2, -0.15) is 0 Å². The van der Waals surface area contributed by atoms with Crippen LogP contribution in [-0.4, -0.2) is 44.9 Å². The minimum Gasteiger partial charge on any atom is -0.381 e. The van der Waals surface area contributed by atoms with Crippen LogP contribution in [0.1, 0.15) is 32.6 Å². The third kappa shape index (κ3) is 6.33. The average Bonchev–Trinajstić information content (AvgIpc) is 2.38. The molecule has 1 aliphatic rings. The number of carbonyl (C=O) groups excluding carboxylic acids is 1. The number of primary amides is 1. The third-order valence-corrected chi connectivity index (χ3v) is 3.23. The van der Waals surface area contributed by atoms with Crippen LogP contribution in [0, 0.1) is 5.92 Å². The summed E-state index contributed by atoms with van der Waals surface area (Å²) >= 11 is 0. The maximum absolute atomic E-state index is 11.2. The largest absolute Gasteiger partial charge is 0.381 e. The first-order valence-corrected chi connectivity index (χ1v) is 6.92. The second kappa shape index (κ2) is 9.30. The lowest BCUT2D eigenvalue weighted by Crippen LogP contribution is -2.42. The second-order valence-corrected chi connectivity index (χ2v) is 4.83. The molecule has 0 aliphatic carbocycles. The fourth-order valence-corrected chi connectivity index (χ4v) is 2.03. The molecule has 1 heterocycles. The normalized spacial score (nSPS) is 18.7. The van der Waals surface area contributed by atoms with Gasteiger partial charge in [-0.05, 0) is 38.1 Å². The summed E-state index contributed by atoms with van der Waals surface area (Å²) in [6.07, 6.45) is 3.80. The monoisotopic (exact) mass is 258 g/mol. The van der Waals surface area contributed by atoms with E-state index in [1.165, 1.54) is 0 Å². The van der Waals surface area contributed by atoms with Gasteiger partial charge in [-0.25, -0.2) is 0 Å². The summed E-state index contributed by atoms with van der Waals surface area (Å²) < 4.78 is 10.9. The Labute approximate surface area is 109 Å². The zero-order valence-electron chi connectivity index (χ0n) is 11.3. The first kappa shape index (κ1) is 15.4. The lowest BCUT2D eigenvalue weighted by atomic mass is 10.0. The molecule has 1 aliphatic heterocycles. The number of nitrogens with two attached hydrogens (primary N) is 1. The van der Waals surface area contributed by atoms with Crippen molar-refractivity contribution in [1.29, 1.82) is 0 Å². The zero-order chi connectivity index (χ0) is 13.2. The van der Waals surface area contributed by atoms with Gasteiger partial charge >= 0.3 is 0 Å². The van der Waals surface area contributed by atoms with Crippen molar-refractivity contribution in [2.45, 2.75) is 38.6 Å². The van der Waals surface area contributed by atoms with Gasteiger partial charge in [-0.15, -0.1) is 0 Å². The van der Waals surface area contributed by atoms with Gasteiger partial charge in [0.25, 0.3) is 0 Å². The first-order valence-electron chi connectivity index (χ1n) is 6.92. The lowest BCUT2D eigenvalue weighted by molar-refractivity contribution is -0.120. The van der Waals surface area contributed by atoms with E-state index in [2.05, 4.69) is 12.2 Å². The number of hydrogen-bond donors (Lipinski definition) is 2. The SMILES string of the molecule is CCCNC(CCOCC1CCOCC1)C(N)=O. The van der Waals surface area contributed by atoms with Gasteiger partial charge in [-0.1, -0.05) is 6.92 Å². The molecule has 1 unspecified atom stereocenters. The maximum atomic E-state index is 11.2. The van der Waals surface area contributed by atoms with Gasteiger partial charge in [0.05, 0.1) is 6.04 Å². The highest BCUT2D eigenvalue weighted by atomic mass is 16.5. The molecule has 1 fully saturated rings. The van der Waals surface area contributed by atoms with Crippen molar-refractivity contribution in [2.24, 2.45) is 11.7 Å². The molecular weight excluding hydrogens is 232 g/mol. The van der Waals surface area contributed by atoms with Crippen LogP contribution in [0.25, 0.3) is 0 Å². The Bertz CT molecular complexity index is 230. The summed E-state index contributed by atoms with van der Waals surface area (Å²) in [7, 11) is 0. The van der Waals surface area contributed by atoms with E-state index in [4.69, 9.17) is 15.2 Å². The van der Waals surface area contributed by atoms with Crippen LogP contribution in [-0.2, 0) is 14.3 Å². The van der Waals surface area contributed by atoms with E-state index >= 15 is 0 Å². The van der Waals surface area contributed by atoms with Crippen molar-refractivity contribution in [3.8, 4) is 0 Å². The van der Waals surface area contributed by atoms with Gasteiger partial charge in [0, 0.05) is 26.4 Å². The van der Waals surface area contributed by atoms with Gasteiger partial charge in [-0.3, -0.25) is 4.79 Å². The highest BCUT2D eigenvalue weighted by molar-refractivity contribution is 5.79. The summed E-state index contributed by atoms with van der Waals surface area (Å²) in [5.41, 5.74) is 5.33. The molecule has 5 nitrogen and oxygen atoms in total. The predicted molar refractivity (Wildman–Crippen MR) is 70.3 cm³/mol. The van der Waals surface area contributed by atoms with Crippen molar-refractivity contribution < 1.29 is 14.3 Å². The predicted octanol–water partition coefficient (Wildman–Crippen LogP) is 0.673. The maximum Gasteiger partial charge on any atom is 0.234 e. The van der Waals surface area contributed by atoms with Crippen LogP contribution in [0.15, 0.2) is 0 Å². The van der Waals surface area contributed by atoms with E-state index in [1.807, 2.05) is 0 Å². The van der Waals surface area contributed by atoms with Crippen LogP contribution in [0.3, 0.4) is 0 Å². The Kier molecular flexibility index (Phi) is 7.96. The van der Waals surface area contributed by atoms with Crippen molar-refractivity contribution >= 4 is 5.91 Å². The molecule has 1 atom stereocenters. The summed E-state index contributed by atoms with van der Waals surface area (Å²) in [5, 5.41) is 3.13. The Morgan fingerprint density at radius 2 is 2.22 bits per heavy atom. The molecule has 0 bridgehead atoms. The Hall–Kier alpha value is -0.650. The number of amides is 1. The molecule has 1 rings (SSSR count). The first-order chi connectivity index (χ1) is 8.74. The van der Waals surface area contributed by atoms with E-state index in [-0.39, 0.29) is 11.9 Å². The van der Waals surface area contributed by atoms with E-state index in [0.29, 0.717) is 18.9 Å². The number of rotatable bonds is 9. The van der Waals surface area contributed by atoms with Crippen LogP contribution >= 0.6 is 0 Å². The standard InChI is InChI=1S/C13H26N2O3/c1-2-6-15-12(13(14)16)5-9-18-10-11-3-7-17-8-4-11/h11-12,15H,2-10H2,1H3,(H2,14,16). The fraction of sp³-hybridized carbons (Fsp3) is 0.923. The minimum absolute atomic E-state index is 0.264. The van der Waals surface area contributed by atoms with Crippen LogP contribution in [0.2, 0.25) is 0 Å². The molecule has 0 radical (unpaired) electrons. The van der Waals surface area contributed by atoms with E-state index < -0.39 is 0 Å². The third-order valence-electron chi connectivity index (χ3n) is 3.23. The Morgan fingerprint density at radius 3 is 2.83 bits per heavy atom. The molecule has 106 valence electrons. The number of nitrogens with one attached hydrogen (secondary N) is 1. The highest BCUT2D eigenvalue weighted by Crippen LogP contribution is 2.14. The zero-order valence-corrected chi connectivity index (χ0v) is 11.3. The van der Waals surface area contributed by atoms with Crippen molar-refractivity contribution in [1.82, 2.24) is 5.32 Å². The molecular formula is C13H26N2O3. The summed E-state index contributed by atoms with van der Waals surface area (Å²) in [6, 6.07) is -0.264. The number of carbonyl (C=O) groups is 1. The topological polar surface area (TPSA) is 73.6 Å². The quantitative estimate of drug-likeness (QED) is 0.596. The average molecular weight is 258 g/mol. The van der Waals surface area contributed by atoms with Crippen molar-refractivity contribution in [3.63, 3.8) is 0 Å². The van der Waals surface area contributed by atoms with E-state index in [0.717, 1.165) is 45.6 Å². The Balaban J connectivity index is 2.08. The molecule has 1 amide bonds. The summed E-state index contributed by atoms with van der Waals surface area (Å²) in [5.74, 6) is 0.312. The van der Waals surface area contributed by atoms with Gasteiger partial charge in [0.2, 0.25) is 5.91 Å².